The molecule has 8 nitrogen and oxygen atoms in total. The number of esters is 3. The van der Waals surface area contributed by atoms with Gasteiger partial charge in [0.25, 0.3) is 0 Å². The van der Waals surface area contributed by atoms with Gasteiger partial charge in [-0.15, -0.1) is 0 Å². The Hall–Kier alpha value is -2.19. The van der Waals surface area contributed by atoms with Crippen molar-refractivity contribution in [2.45, 2.75) is 112 Å². The number of methoxy groups -OCH3 is 1. The van der Waals surface area contributed by atoms with Crippen molar-refractivity contribution in [2.24, 2.45) is 28.6 Å². The molecule has 0 unspecified atom stereocenters. The molecule has 0 aromatic rings. The number of aliphatic hydroxyl groups excluding tert-OH is 1. The van der Waals surface area contributed by atoms with E-state index >= 15 is 0 Å². The first-order chi connectivity index (χ1) is 17.5. The number of carbonyl (C=O) groups excluding carboxylic acids is 3. The number of hydrogen-bond donors (Lipinski definition) is 1. The number of carbonyl (C=O) groups is 3. The van der Waals surface area contributed by atoms with Crippen molar-refractivity contribution in [2.75, 3.05) is 7.11 Å². The molecule has 3 aliphatic carbocycles. The van der Waals surface area contributed by atoms with Gasteiger partial charge in [0.05, 0.1) is 18.1 Å². The van der Waals surface area contributed by atoms with Crippen molar-refractivity contribution in [3.8, 4) is 0 Å². The van der Waals surface area contributed by atoms with Crippen molar-refractivity contribution >= 4 is 17.9 Å². The summed E-state index contributed by atoms with van der Waals surface area (Å²) < 4.78 is 24.1. The van der Waals surface area contributed by atoms with E-state index in [9.17, 15) is 19.5 Å². The second-order valence-electron chi connectivity index (χ2n) is 12.5. The Morgan fingerprint density at radius 3 is 2.16 bits per heavy atom. The third-order valence-corrected chi connectivity index (χ3v) is 9.35. The third kappa shape index (κ3) is 5.57. The summed E-state index contributed by atoms with van der Waals surface area (Å²) in [6.45, 7) is 18.8. The van der Waals surface area contributed by atoms with Crippen molar-refractivity contribution in [1.82, 2.24) is 0 Å². The molecule has 2 saturated carbocycles. The van der Waals surface area contributed by atoms with Gasteiger partial charge >= 0.3 is 17.9 Å². The second-order valence-corrected chi connectivity index (χ2v) is 12.5. The van der Waals surface area contributed by atoms with Crippen LogP contribution in [0.4, 0.5) is 0 Å². The Morgan fingerprint density at radius 2 is 1.63 bits per heavy atom. The van der Waals surface area contributed by atoms with E-state index in [4.69, 9.17) is 18.9 Å². The van der Waals surface area contributed by atoms with E-state index in [-0.39, 0.29) is 23.4 Å². The number of aliphatic hydroxyl groups is 1. The summed E-state index contributed by atoms with van der Waals surface area (Å²) in [7, 11) is 1.72. The molecule has 3 rings (SSSR count). The molecule has 0 radical (unpaired) electrons. The number of ether oxygens (including phenoxy) is 4. The minimum atomic E-state index is -0.864. The van der Waals surface area contributed by atoms with E-state index < -0.39 is 53.6 Å². The molecule has 0 aliphatic heterocycles. The smallest absolute Gasteiger partial charge is 0.311 e. The minimum absolute atomic E-state index is 0.190. The highest BCUT2D eigenvalue weighted by Gasteiger charge is 2.61. The minimum Gasteiger partial charge on any atom is -0.461 e. The summed E-state index contributed by atoms with van der Waals surface area (Å²) in [5.74, 6) is -2.81. The van der Waals surface area contributed by atoms with Crippen LogP contribution in [0.2, 0.25) is 0 Å². The third-order valence-electron chi connectivity index (χ3n) is 9.35. The maximum atomic E-state index is 13.1. The van der Waals surface area contributed by atoms with E-state index in [0.29, 0.717) is 24.8 Å². The highest BCUT2D eigenvalue weighted by Crippen LogP contribution is 2.60. The Morgan fingerprint density at radius 1 is 1.03 bits per heavy atom. The number of fused-ring (bicyclic) bond motifs is 3. The van der Waals surface area contributed by atoms with E-state index in [1.54, 1.807) is 21.0 Å². The summed E-state index contributed by atoms with van der Waals surface area (Å²) in [4.78, 5) is 37.7. The van der Waals surface area contributed by atoms with Crippen molar-refractivity contribution in [3.05, 3.63) is 23.3 Å². The Balaban J connectivity index is 2.23. The van der Waals surface area contributed by atoms with Gasteiger partial charge in [0.2, 0.25) is 0 Å². The molecule has 0 aromatic carbocycles. The van der Waals surface area contributed by atoms with Gasteiger partial charge in [-0.3, -0.25) is 14.4 Å². The van der Waals surface area contributed by atoms with Crippen LogP contribution in [0.1, 0.15) is 81.1 Å². The normalized spacial score (nSPS) is 36.2. The lowest BCUT2D eigenvalue weighted by molar-refractivity contribution is -0.188. The summed E-state index contributed by atoms with van der Waals surface area (Å²) in [6.07, 6.45) is -0.357. The van der Waals surface area contributed by atoms with Gasteiger partial charge in [-0.25, -0.2) is 0 Å². The van der Waals surface area contributed by atoms with Crippen LogP contribution in [0.5, 0.6) is 0 Å². The maximum Gasteiger partial charge on any atom is 0.311 e. The molecule has 2 fully saturated rings. The Bertz CT molecular complexity index is 994. The van der Waals surface area contributed by atoms with E-state index in [1.165, 1.54) is 13.8 Å². The van der Waals surface area contributed by atoms with Gasteiger partial charge in [-0.05, 0) is 62.0 Å². The Labute approximate surface area is 227 Å². The molecule has 8 heteroatoms. The molecule has 0 aromatic heterocycles. The average Bonchev–Trinajstić information content (AvgIpc) is 2.77. The second kappa shape index (κ2) is 11.1. The molecule has 214 valence electrons. The predicted octanol–water partition coefficient (Wildman–Crippen LogP) is 4.53. The lowest BCUT2D eigenvalue weighted by Crippen LogP contribution is -2.60. The van der Waals surface area contributed by atoms with Gasteiger partial charge in [-0.2, -0.15) is 0 Å². The van der Waals surface area contributed by atoms with Gasteiger partial charge < -0.3 is 24.1 Å². The lowest BCUT2D eigenvalue weighted by atomic mass is 9.50. The fraction of sp³-hybridized carbons (Fsp3) is 0.767. The van der Waals surface area contributed by atoms with Crippen LogP contribution in [0.15, 0.2) is 23.3 Å². The molecule has 9 atom stereocenters. The topological polar surface area (TPSA) is 108 Å². The predicted molar refractivity (Wildman–Crippen MR) is 142 cm³/mol. The highest BCUT2D eigenvalue weighted by molar-refractivity contribution is 5.73. The fourth-order valence-corrected chi connectivity index (χ4v) is 7.50. The van der Waals surface area contributed by atoms with Crippen LogP contribution < -0.4 is 0 Å². The zero-order valence-corrected chi connectivity index (χ0v) is 24.5. The van der Waals surface area contributed by atoms with Gasteiger partial charge in [-0.1, -0.05) is 32.9 Å². The Kier molecular flexibility index (Phi) is 8.89. The zero-order chi connectivity index (χ0) is 28.7. The van der Waals surface area contributed by atoms with Crippen molar-refractivity contribution in [3.63, 3.8) is 0 Å². The molecule has 0 amide bonds. The molecule has 0 spiro atoms. The van der Waals surface area contributed by atoms with E-state index in [1.807, 2.05) is 0 Å². The van der Waals surface area contributed by atoms with Crippen LogP contribution in [-0.2, 0) is 33.3 Å². The van der Waals surface area contributed by atoms with Crippen LogP contribution >= 0.6 is 0 Å². The lowest BCUT2D eigenvalue weighted by Gasteiger charge is -2.59. The van der Waals surface area contributed by atoms with Gasteiger partial charge in [0.1, 0.15) is 18.3 Å². The monoisotopic (exact) mass is 534 g/mol. The molecule has 38 heavy (non-hydrogen) atoms. The zero-order valence-electron chi connectivity index (χ0n) is 24.5. The average molecular weight is 535 g/mol. The van der Waals surface area contributed by atoms with Gasteiger partial charge in [0.15, 0.2) is 0 Å². The SMILES string of the molecule is C=C1[C@@H](OC(C)=O)CC[C@@]2(C)C[C@H](OC)C3=C(C)C[C@H](OC(=O)[C@@H](C)[C@@H](C)O)[C@@H]([C@@H](OC(C)=O)[C@H]12)C3(C)C. The first-order valence-electron chi connectivity index (χ1n) is 13.7. The largest absolute Gasteiger partial charge is 0.461 e. The van der Waals surface area contributed by atoms with Crippen molar-refractivity contribution in [1.29, 1.82) is 0 Å². The summed E-state index contributed by atoms with van der Waals surface area (Å²) >= 11 is 0. The maximum absolute atomic E-state index is 13.1. The van der Waals surface area contributed by atoms with Crippen LogP contribution in [-0.4, -0.2) is 60.6 Å². The van der Waals surface area contributed by atoms with Gasteiger partial charge in [0, 0.05) is 39.2 Å². The van der Waals surface area contributed by atoms with Crippen LogP contribution in [0.3, 0.4) is 0 Å². The first-order valence-corrected chi connectivity index (χ1v) is 13.7. The first kappa shape index (κ1) is 30.4. The molecule has 0 heterocycles. The summed E-state index contributed by atoms with van der Waals surface area (Å²) in [5.41, 5.74) is 2.00. The standard InChI is InChI=1S/C30H46O8/c1-15-13-22(38-28(34)16(2)18(4)31)26-27(37-20(6)33)25-17(3)21(36-19(5)32)11-12-30(25,9)14-23(35-10)24(15)29(26,7)8/h16,18,21-23,25-27,31H,3,11-14H2,1-2,4-10H3/t16-,18+,21-,22-,23-,25-,26-,27-,30-/m0/s1. The molecule has 1 N–H and O–H groups in total. The van der Waals surface area contributed by atoms with Crippen LogP contribution in [0.25, 0.3) is 0 Å². The summed E-state index contributed by atoms with van der Waals surface area (Å²) in [6, 6.07) is 0. The molecular weight excluding hydrogens is 488 g/mol. The molecular formula is C30H46O8. The highest BCUT2D eigenvalue weighted by atomic mass is 16.6. The number of hydrogen-bond acceptors (Lipinski definition) is 8. The quantitative estimate of drug-likeness (QED) is 0.301. The van der Waals surface area contributed by atoms with Crippen molar-refractivity contribution < 1.29 is 38.4 Å². The fourth-order valence-electron chi connectivity index (χ4n) is 7.50. The van der Waals surface area contributed by atoms with Crippen LogP contribution in [0, 0.1) is 28.6 Å². The molecule has 2 bridgehead atoms. The van der Waals surface area contributed by atoms with E-state index in [2.05, 4.69) is 34.3 Å². The molecule has 0 saturated heterocycles. The number of rotatable bonds is 6. The van der Waals surface area contributed by atoms with E-state index in [0.717, 1.165) is 17.6 Å². The summed E-state index contributed by atoms with van der Waals surface area (Å²) in [5, 5.41) is 10.0. The molecule has 3 aliphatic rings.